The molecule has 0 bridgehead atoms. The van der Waals surface area contributed by atoms with Gasteiger partial charge in [-0.3, -0.25) is 9.59 Å². The van der Waals surface area contributed by atoms with Gasteiger partial charge in [0, 0.05) is 41.9 Å². The van der Waals surface area contributed by atoms with Gasteiger partial charge < -0.3 is 20.6 Å². The Bertz CT molecular complexity index is 2100. The molecule has 1 aliphatic heterocycles. The highest BCUT2D eigenvalue weighted by molar-refractivity contribution is 6.05. The summed E-state index contributed by atoms with van der Waals surface area (Å²) in [6.07, 6.45) is -1.28. The maximum absolute atomic E-state index is 14.5. The second kappa shape index (κ2) is 16.9. The number of carbonyl (C=O) groups is 2. The lowest BCUT2D eigenvalue weighted by Gasteiger charge is -2.36. The molecular formula is C44H45F5N4O3. The van der Waals surface area contributed by atoms with Crippen LogP contribution in [0.5, 0.6) is 0 Å². The van der Waals surface area contributed by atoms with Gasteiger partial charge in [0.1, 0.15) is 11.6 Å². The molecule has 1 saturated carbocycles. The van der Waals surface area contributed by atoms with E-state index in [0.29, 0.717) is 65.3 Å². The molecule has 294 valence electrons. The molecular weight excluding hydrogens is 727 g/mol. The smallest absolute Gasteiger partial charge is 0.390 e. The van der Waals surface area contributed by atoms with Crippen LogP contribution in [0.2, 0.25) is 0 Å². The number of alkyl halides is 3. The zero-order valence-electron chi connectivity index (χ0n) is 31.4. The van der Waals surface area contributed by atoms with Crippen molar-refractivity contribution in [2.24, 2.45) is 0 Å². The minimum absolute atomic E-state index is 0.0161. The molecule has 12 heteroatoms. The van der Waals surface area contributed by atoms with Crippen LogP contribution >= 0.6 is 0 Å². The van der Waals surface area contributed by atoms with Crippen molar-refractivity contribution >= 4 is 11.8 Å². The van der Waals surface area contributed by atoms with Gasteiger partial charge in [0.15, 0.2) is 0 Å². The predicted molar refractivity (Wildman–Crippen MR) is 203 cm³/mol. The van der Waals surface area contributed by atoms with Gasteiger partial charge >= 0.3 is 6.18 Å². The second-order valence-corrected chi connectivity index (χ2v) is 14.9. The number of hydrogen-bond donors (Lipinski definition) is 3. The van der Waals surface area contributed by atoms with Crippen molar-refractivity contribution in [2.45, 2.75) is 95.1 Å². The number of nitrogens with zero attached hydrogens (tertiary/aromatic N) is 2. The van der Waals surface area contributed by atoms with Gasteiger partial charge in [-0.2, -0.15) is 18.4 Å². The zero-order valence-corrected chi connectivity index (χ0v) is 31.4. The standard InChI is InChI=1S/C44H45F5N4O3/c1-3-8-34(9-4-2)53-17-14-36-37(21-29(22-38(36)42(53)56)35-13-6-5-10-28(35)25-50)41(55)52-39(20-27-18-32(45)24-33(46)19-27)40(54)26-51-43(15-16-43)30-11-7-12-31(23-30)44(47,48)49/h5-7,10-13,18-19,21-24,34,39-40,51,54H,3-4,8-9,14-17,20,26H2,1-2H3,(H,52,55)/t39-,40-/m0/s1. The maximum atomic E-state index is 14.5. The van der Waals surface area contributed by atoms with E-state index in [9.17, 15) is 41.9 Å². The van der Waals surface area contributed by atoms with Gasteiger partial charge in [-0.25, -0.2) is 8.78 Å². The quantitative estimate of drug-likeness (QED) is 0.105. The molecule has 2 aliphatic rings. The molecule has 7 nitrogen and oxygen atoms in total. The molecule has 1 heterocycles. The highest BCUT2D eigenvalue weighted by atomic mass is 19.4. The summed E-state index contributed by atoms with van der Waals surface area (Å²) in [6, 6.07) is 19.2. The lowest BCUT2D eigenvalue weighted by Crippen LogP contribution is -2.50. The number of nitrogens with one attached hydrogen (secondary N) is 2. The summed E-state index contributed by atoms with van der Waals surface area (Å²) in [5, 5.41) is 27.7. The Hall–Kier alpha value is -5.12. The van der Waals surface area contributed by atoms with Gasteiger partial charge in [-0.05, 0) is 109 Å². The largest absolute Gasteiger partial charge is 0.416 e. The van der Waals surface area contributed by atoms with Crippen molar-refractivity contribution in [1.29, 1.82) is 5.26 Å². The SMILES string of the molecule is CCCC(CCC)N1CCc2c(C(=O)N[C@@H](Cc3cc(F)cc(F)c3)[C@@H](O)CNC3(c4cccc(C(F)(F)F)c4)CC3)cc(-c3ccccc3C#N)cc2C1=O. The molecule has 1 fully saturated rings. The topological polar surface area (TPSA) is 105 Å². The van der Waals surface area contributed by atoms with E-state index >= 15 is 0 Å². The Morgan fingerprint density at radius 1 is 0.946 bits per heavy atom. The van der Waals surface area contributed by atoms with Crippen molar-refractivity contribution in [1.82, 2.24) is 15.5 Å². The van der Waals surface area contributed by atoms with Crippen LogP contribution in [0.3, 0.4) is 0 Å². The van der Waals surface area contributed by atoms with E-state index in [1.54, 1.807) is 42.5 Å². The first kappa shape index (κ1) is 40.5. The summed E-state index contributed by atoms with van der Waals surface area (Å²) in [5.41, 5.74) is 1.31. The number of nitriles is 1. The van der Waals surface area contributed by atoms with Crippen LogP contribution < -0.4 is 10.6 Å². The van der Waals surface area contributed by atoms with Crippen LogP contribution in [-0.2, 0) is 24.6 Å². The third-order valence-corrected chi connectivity index (χ3v) is 10.9. The zero-order chi connectivity index (χ0) is 40.2. The van der Waals surface area contributed by atoms with Crippen molar-refractivity contribution < 1.29 is 36.6 Å². The molecule has 2 atom stereocenters. The fourth-order valence-corrected chi connectivity index (χ4v) is 7.92. The number of aliphatic hydroxyl groups excluding tert-OH is 1. The average Bonchev–Trinajstić information content (AvgIpc) is 3.97. The van der Waals surface area contributed by atoms with E-state index in [-0.39, 0.29) is 36.0 Å². The summed E-state index contributed by atoms with van der Waals surface area (Å²) in [4.78, 5) is 30.6. The van der Waals surface area contributed by atoms with Crippen LogP contribution in [0.25, 0.3) is 11.1 Å². The number of amides is 2. The van der Waals surface area contributed by atoms with Gasteiger partial charge in [0.25, 0.3) is 11.8 Å². The molecule has 0 aromatic heterocycles. The summed E-state index contributed by atoms with van der Waals surface area (Å²) >= 11 is 0. The molecule has 56 heavy (non-hydrogen) atoms. The normalized spacial score (nSPS) is 15.9. The minimum atomic E-state index is -4.54. The number of rotatable bonds is 15. The number of carbonyl (C=O) groups excluding carboxylic acids is 2. The van der Waals surface area contributed by atoms with E-state index in [0.717, 1.165) is 49.9 Å². The number of fused-ring (bicyclic) bond motifs is 1. The highest BCUT2D eigenvalue weighted by Crippen LogP contribution is 2.46. The summed E-state index contributed by atoms with van der Waals surface area (Å²) < 4.78 is 69.3. The van der Waals surface area contributed by atoms with E-state index in [2.05, 4.69) is 30.6 Å². The van der Waals surface area contributed by atoms with E-state index in [4.69, 9.17) is 0 Å². The molecule has 2 amide bonds. The molecule has 0 radical (unpaired) electrons. The van der Waals surface area contributed by atoms with Gasteiger partial charge in [0.2, 0.25) is 0 Å². The fourth-order valence-electron chi connectivity index (χ4n) is 7.92. The second-order valence-electron chi connectivity index (χ2n) is 14.9. The Morgan fingerprint density at radius 2 is 1.64 bits per heavy atom. The first-order valence-electron chi connectivity index (χ1n) is 19.1. The van der Waals surface area contributed by atoms with E-state index in [1.165, 1.54) is 6.07 Å². The van der Waals surface area contributed by atoms with E-state index < -0.39 is 47.0 Å². The molecule has 4 aromatic rings. The highest BCUT2D eigenvalue weighted by Gasteiger charge is 2.45. The van der Waals surface area contributed by atoms with Gasteiger partial charge in [-0.15, -0.1) is 0 Å². The lowest BCUT2D eigenvalue weighted by molar-refractivity contribution is -0.137. The molecule has 0 spiro atoms. The van der Waals surface area contributed by atoms with Crippen LogP contribution in [-0.4, -0.2) is 53.1 Å². The third-order valence-electron chi connectivity index (χ3n) is 10.9. The first-order chi connectivity index (χ1) is 26.8. The minimum Gasteiger partial charge on any atom is -0.390 e. The molecule has 0 unspecified atom stereocenters. The summed E-state index contributed by atoms with van der Waals surface area (Å²) in [7, 11) is 0. The average molecular weight is 773 g/mol. The molecule has 6 rings (SSSR count). The van der Waals surface area contributed by atoms with E-state index in [1.807, 2.05) is 4.90 Å². The van der Waals surface area contributed by atoms with Crippen LogP contribution in [0, 0.1) is 23.0 Å². The Balaban J connectivity index is 1.35. The number of halogens is 5. The lowest BCUT2D eigenvalue weighted by atomic mass is 9.87. The van der Waals surface area contributed by atoms with Crippen LogP contribution in [0.4, 0.5) is 22.0 Å². The van der Waals surface area contributed by atoms with Crippen molar-refractivity contribution in [3.8, 4) is 17.2 Å². The summed E-state index contributed by atoms with van der Waals surface area (Å²) in [5.74, 6) is -2.55. The first-order valence-corrected chi connectivity index (χ1v) is 19.1. The van der Waals surface area contributed by atoms with Crippen molar-refractivity contribution in [2.75, 3.05) is 13.1 Å². The summed E-state index contributed by atoms with van der Waals surface area (Å²) in [6.45, 7) is 4.36. The van der Waals surface area contributed by atoms with Crippen molar-refractivity contribution in [3.05, 3.63) is 129 Å². The Labute approximate surface area is 323 Å². The molecule has 3 N–H and O–H groups in total. The molecule has 0 saturated heterocycles. The Morgan fingerprint density at radius 3 is 2.29 bits per heavy atom. The van der Waals surface area contributed by atoms with Gasteiger partial charge in [-0.1, -0.05) is 57.0 Å². The third kappa shape index (κ3) is 8.95. The monoisotopic (exact) mass is 772 g/mol. The van der Waals surface area contributed by atoms with Gasteiger partial charge in [0.05, 0.1) is 29.3 Å². The van der Waals surface area contributed by atoms with Crippen LogP contribution in [0.1, 0.15) is 101 Å². The predicted octanol–water partition coefficient (Wildman–Crippen LogP) is 8.47. The number of aliphatic hydroxyl groups is 1. The molecule has 4 aromatic carbocycles. The fraction of sp³-hybridized carbons (Fsp3) is 0.386. The molecule has 1 aliphatic carbocycles. The van der Waals surface area contributed by atoms with Crippen LogP contribution in [0.15, 0.2) is 78.9 Å². The number of hydrogen-bond acceptors (Lipinski definition) is 5. The maximum Gasteiger partial charge on any atom is 0.416 e. The van der Waals surface area contributed by atoms with Crippen molar-refractivity contribution in [3.63, 3.8) is 0 Å². The Kier molecular flexibility index (Phi) is 12.3. The number of benzene rings is 4.